The van der Waals surface area contributed by atoms with E-state index in [0.29, 0.717) is 73.0 Å². The fourth-order valence-corrected chi connectivity index (χ4v) is 3.78. The van der Waals surface area contributed by atoms with Crippen LogP contribution < -0.4 is 15.4 Å². The van der Waals surface area contributed by atoms with Gasteiger partial charge < -0.3 is 25.0 Å². The highest BCUT2D eigenvalue weighted by atomic mass is 35.5. The minimum absolute atomic E-state index is 0.0172. The summed E-state index contributed by atoms with van der Waals surface area (Å²) < 4.78 is 24.2. The molecule has 0 aliphatic heterocycles. The highest BCUT2D eigenvalue weighted by Gasteiger charge is 2.13. The molecule has 0 saturated heterocycles. The van der Waals surface area contributed by atoms with Crippen molar-refractivity contribution in [2.45, 2.75) is 26.7 Å². The smallest absolute Gasteiger partial charge is 0.305 e. The summed E-state index contributed by atoms with van der Waals surface area (Å²) in [5, 5.41) is 6.58. The fraction of sp³-hybridized carbons (Fsp3) is 0.333. The van der Waals surface area contributed by atoms with Gasteiger partial charge in [-0.15, -0.1) is 0 Å². The van der Waals surface area contributed by atoms with Crippen molar-refractivity contribution in [3.8, 4) is 5.75 Å². The number of esters is 1. The summed E-state index contributed by atoms with van der Waals surface area (Å²) in [5.41, 5.74) is 1.59. The van der Waals surface area contributed by atoms with E-state index in [9.17, 15) is 14.0 Å². The van der Waals surface area contributed by atoms with Gasteiger partial charge in [0, 0.05) is 36.2 Å². The number of likely N-dealkylation sites (N-methyl/N-ethyl adjacent to an activating group) is 1. The summed E-state index contributed by atoms with van der Waals surface area (Å²) in [6.07, 6.45) is 5.63. The lowest BCUT2D eigenvalue weighted by atomic mass is 10.1. The Morgan fingerprint density at radius 2 is 1.97 bits per heavy atom. The highest BCUT2D eigenvalue weighted by molar-refractivity contribution is 6.31. The van der Waals surface area contributed by atoms with E-state index in [-0.39, 0.29) is 16.9 Å². The van der Waals surface area contributed by atoms with Crippen LogP contribution in [-0.2, 0) is 14.3 Å². The van der Waals surface area contributed by atoms with Crippen LogP contribution in [0.1, 0.15) is 26.7 Å². The van der Waals surface area contributed by atoms with E-state index < -0.39 is 5.82 Å². The third-order valence-corrected chi connectivity index (χ3v) is 5.68. The summed E-state index contributed by atoms with van der Waals surface area (Å²) in [5.74, 6) is -0.140. The number of benzene rings is 2. The van der Waals surface area contributed by atoms with Crippen molar-refractivity contribution in [1.82, 2.24) is 14.9 Å². The number of anilines is 3. The topological polar surface area (TPSA) is 106 Å². The van der Waals surface area contributed by atoms with Crippen LogP contribution >= 0.6 is 11.6 Å². The van der Waals surface area contributed by atoms with Gasteiger partial charge in [0.15, 0.2) is 0 Å². The third kappa shape index (κ3) is 8.39. The molecular formula is C27H31ClFN5O4. The number of nitrogens with one attached hydrogen (secondary N) is 2. The van der Waals surface area contributed by atoms with E-state index in [1.807, 2.05) is 18.9 Å². The number of hydrogen-bond acceptors (Lipinski definition) is 8. The van der Waals surface area contributed by atoms with Crippen LogP contribution in [-0.4, -0.2) is 60.1 Å². The largest absolute Gasteiger partial charge is 0.492 e. The van der Waals surface area contributed by atoms with Gasteiger partial charge in [-0.05, 0) is 58.1 Å². The quantitative estimate of drug-likeness (QED) is 0.220. The van der Waals surface area contributed by atoms with Gasteiger partial charge in [0.25, 0.3) is 0 Å². The van der Waals surface area contributed by atoms with Gasteiger partial charge in [0.05, 0.1) is 29.4 Å². The van der Waals surface area contributed by atoms with Crippen molar-refractivity contribution < 1.29 is 23.5 Å². The molecule has 0 aliphatic rings. The average molecular weight is 544 g/mol. The standard InChI is InChI=1S/C27H31ClFN5O4/c1-4-37-24-16-22-19(27(31-17-30-22)32-18-10-11-21(29)20(28)14-18)15-23(24)33-25(35)8-6-12-34(3)13-7-9-26(36)38-5-2/h6,8,10-11,14-17H,4-5,7,9,12-13H2,1-3H3,(H,33,35)(H,30,31,32)/b8-6+. The Labute approximate surface area is 226 Å². The zero-order chi connectivity index (χ0) is 27.5. The molecule has 1 amide bonds. The van der Waals surface area contributed by atoms with Gasteiger partial charge in [0.2, 0.25) is 5.91 Å². The van der Waals surface area contributed by atoms with Crippen molar-refractivity contribution in [1.29, 1.82) is 0 Å². The molecule has 9 nitrogen and oxygen atoms in total. The molecule has 0 radical (unpaired) electrons. The Balaban J connectivity index is 1.71. The van der Waals surface area contributed by atoms with Gasteiger partial charge in [-0.1, -0.05) is 17.7 Å². The predicted molar refractivity (Wildman–Crippen MR) is 147 cm³/mol. The lowest BCUT2D eigenvalue weighted by Crippen LogP contribution is -2.21. The molecule has 1 heterocycles. The van der Waals surface area contributed by atoms with Gasteiger partial charge in [-0.2, -0.15) is 0 Å². The second kappa shape index (κ2) is 14.3. The van der Waals surface area contributed by atoms with E-state index in [4.69, 9.17) is 21.1 Å². The molecular weight excluding hydrogens is 513 g/mol. The summed E-state index contributed by atoms with van der Waals surface area (Å²) in [7, 11) is 1.91. The number of aromatic nitrogens is 2. The molecule has 0 atom stereocenters. The molecule has 1 aromatic heterocycles. The fourth-order valence-electron chi connectivity index (χ4n) is 3.60. The van der Waals surface area contributed by atoms with E-state index in [1.54, 1.807) is 31.2 Å². The average Bonchev–Trinajstić information content (AvgIpc) is 2.87. The molecule has 0 bridgehead atoms. The summed E-state index contributed by atoms with van der Waals surface area (Å²) in [6.45, 7) is 5.63. The Bertz CT molecular complexity index is 1300. The first-order valence-electron chi connectivity index (χ1n) is 12.3. The molecule has 202 valence electrons. The number of fused-ring (bicyclic) bond motifs is 1. The second-order valence-electron chi connectivity index (χ2n) is 8.34. The van der Waals surface area contributed by atoms with Crippen LogP contribution in [0.25, 0.3) is 10.9 Å². The van der Waals surface area contributed by atoms with Crippen molar-refractivity contribution in [2.24, 2.45) is 0 Å². The summed E-state index contributed by atoms with van der Waals surface area (Å²) in [6, 6.07) is 7.71. The summed E-state index contributed by atoms with van der Waals surface area (Å²) >= 11 is 5.91. The van der Waals surface area contributed by atoms with Crippen LogP contribution in [0.15, 0.2) is 48.8 Å². The molecule has 3 aromatic rings. The van der Waals surface area contributed by atoms with E-state index in [2.05, 4.69) is 20.6 Å². The SMILES string of the molecule is CCOC(=O)CCCN(C)C/C=C/C(=O)Nc1cc2c(Nc3ccc(F)c(Cl)c3)ncnc2cc1OCC. The molecule has 38 heavy (non-hydrogen) atoms. The maximum Gasteiger partial charge on any atom is 0.305 e. The molecule has 11 heteroatoms. The third-order valence-electron chi connectivity index (χ3n) is 5.39. The number of carbonyl (C=O) groups is 2. The Hall–Kier alpha value is -3.76. The number of ether oxygens (including phenoxy) is 2. The first-order valence-corrected chi connectivity index (χ1v) is 12.6. The molecule has 0 unspecified atom stereocenters. The normalized spacial score (nSPS) is 11.2. The van der Waals surface area contributed by atoms with Gasteiger partial charge in [0.1, 0.15) is 23.7 Å². The molecule has 3 rings (SSSR count). The Morgan fingerprint density at radius 3 is 2.71 bits per heavy atom. The zero-order valence-electron chi connectivity index (χ0n) is 21.6. The first kappa shape index (κ1) is 28.8. The number of carbonyl (C=O) groups excluding carboxylic acids is 2. The number of halogens is 2. The maximum atomic E-state index is 13.6. The van der Waals surface area contributed by atoms with Crippen molar-refractivity contribution in [2.75, 3.05) is 44.0 Å². The number of hydrogen-bond donors (Lipinski definition) is 2. The van der Waals surface area contributed by atoms with Crippen molar-refractivity contribution in [3.05, 3.63) is 59.7 Å². The molecule has 2 N–H and O–H groups in total. The summed E-state index contributed by atoms with van der Waals surface area (Å²) in [4.78, 5) is 34.7. The minimum Gasteiger partial charge on any atom is -0.492 e. The maximum absolute atomic E-state index is 13.6. The molecule has 2 aromatic carbocycles. The number of amides is 1. The van der Waals surface area contributed by atoms with E-state index in [0.717, 1.165) is 0 Å². The van der Waals surface area contributed by atoms with Gasteiger partial charge >= 0.3 is 5.97 Å². The lowest BCUT2D eigenvalue weighted by molar-refractivity contribution is -0.143. The first-order chi connectivity index (χ1) is 18.3. The monoisotopic (exact) mass is 543 g/mol. The predicted octanol–water partition coefficient (Wildman–Crippen LogP) is 5.33. The Morgan fingerprint density at radius 1 is 1.16 bits per heavy atom. The van der Waals surface area contributed by atoms with Crippen molar-refractivity contribution in [3.63, 3.8) is 0 Å². The number of nitrogens with zero attached hydrogens (tertiary/aromatic N) is 3. The van der Waals surface area contributed by atoms with Crippen LogP contribution in [0.4, 0.5) is 21.6 Å². The zero-order valence-corrected chi connectivity index (χ0v) is 22.3. The van der Waals surface area contributed by atoms with E-state index in [1.165, 1.54) is 24.5 Å². The lowest BCUT2D eigenvalue weighted by Gasteiger charge is -2.15. The number of rotatable bonds is 13. The van der Waals surface area contributed by atoms with Crippen LogP contribution in [0.5, 0.6) is 5.75 Å². The molecule has 0 saturated carbocycles. The van der Waals surface area contributed by atoms with Crippen LogP contribution in [0.2, 0.25) is 5.02 Å². The molecule has 0 spiro atoms. The molecule has 0 aliphatic carbocycles. The Kier molecular flexibility index (Phi) is 10.8. The van der Waals surface area contributed by atoms with Crippen molar-refractivity contribution >= 4 is 51.6 Å². The highest BCUT2D eigenvalue weighted by Crippen LogP contribution is 2.33. The minimum atomic E-state index is -0.521. The van der Waals surface area contributed by atoms with Gasteiger partial charge in [-0.3, -0.25) is 9.59 Å². The molecule has 0 fully saturated rings. The second-order valence-corrected chi connectivity index (χ2v) is 8.74. The van der Waals surface area contributed by atoms with Crippen LogP contribution in [0.3, 0.4) is 0 Å². The van der Waals surface area contributed by atoms with E-state index >= 15 is 0 Å². The van der Waals surface area contributed by atoms with Crippen LogP contribution in [0, 0.1) is 5.82 Å². The van der Waals surface area contributed by atoms with Gasteiger partial charge in [-0.25, -0.2) is 14.4 Å².